The summed E-state index contributed by atoms with van der Waals surface area (Å²) in [7, 11) is 4.05. The predicted molar refractivity (Wildman–Crippen MR) is 142 cm³/mol. The molecule has 3 aromatic rings. The first kappa shape index (κ1) is 25.8. The highest BCUT2D eigenvalue weighted by Crippen LogP contribution is 2.18. The van der Waals surface area contributed by atoms with Gasteiger partial charge in [-0.15, -0.1) is 0 Å². The number of amides is 3. The molecule has 0 saturated heterocycles. The van der Waals surface area contributed by atoms with Crippen molar-refractivity contribution in [2.75, 3.05) is 38.2 Å². The highest BCUT2D eigenvalue weighted by molar-refractivity contribution is 6.05. The van der Waals surface area contributed by atoms with Gasteiger partial charge in [0.25, 0.3) is 5.91 Å². The van der Waals surface area contributed by atoms with Crippen LogP contribution in [0.2, 0.25) is 0 Å². The molecule has 0 aliphatic heterocycles. The summed E-state index contributed by atoms with van der Waals surface area (Å²) < 4.78 is 0. The lowest BCUT2D eigenvalue weighted by atomic mass is 10.1. The molecule has 4 N–H and O–H groups in total. The number of benzene rings is 3. The van der Waals surface area contributed by atoms with Crippen molar-refractivity contribution in [1.82, 2.24) is 15.1 Å². The van der Waals surface area contributed by atoms with Crippen LogP contribution in [0.5, 0.6) is 0 Å². The van der Waals surface area contributed by atoms with Crippen molar-refractivity contribution in [3.05, 3.63) is 95.6 Å². The molecular weight excluding hydrogens is 438 g/mol. The molecule has 0 aromatic heterocycles. The van der Waals surface area contributed by atoms with Gasteiger partial charge < -0.3 is 26.2 Å². The quantitative estimate of drug-likeness (QED) is 0.371. The van der Waals surface area contributed by atoms with Crippen LogP contribution in [0, 0.1) is 0 Å². The summed E-state index contributed by atoms with van der Waals surface area (Å²) in [5, 5.41) is 5.95. The average molecular weight is 474 g/mol. The summed E-state index contributed by atoms with van der Waals surface area (Å²) in [6, 6.07) is 24.2. The van der Waals surface area contributed by atoms with Crippen molar-refractivity contribution in [3.63, 3.8) is 0 Å². The maximum atomic E-state index is 13.1. The molecular formula is C28H35N5O2. The fourth-order valence-electron chi connectivity index (χ4n) is 3.72. The number of nitrogen functional groups attached to an aromatic ring is 1. The summed E-state index contributed by atoms with van der Waals surface area (Å²) in [6.45, 7) is 3.95. The van der Waals surface area contributed by atoms with Crippen LogP contribution in [0.3, 0.4) is 0 Å². The lowest BCUT2D eigenvalue weighted by molar-refractivity contribution is 0.102. The Hall–Kier alpha value is -3.84. The lowest BCUT2D eigenvalue weighted by Gasteiger charge is -2.26. The molecule has 3 aromatic carbocycles. The van der Waals surface area contributed by atoms with Crippen LogP contribution >= 0.6 is 0 Å². The molecule has 0 heterocycles. The molecule has 35 heavy (non-hydrogen) atoms. The van der Waals surface area contributed by atoms with Gasteiger partial charge in [0.2, 0.25) is 0 Å². The monoisotopic (exact) mass is 473 g/mol. The number of hydrogen-bond donors (Lipinski definition) is 3. The Labute approximate surface area is 207 Å². The van der Waals surface area contributed by atoms with Gasteiger partial charge in [-0.05, 0) is 69.4 Å². The molecule has 3 rings (SSSR count). The van der Waals surface area contributed by atoms with Gasteiger partial charge in [0.15, 0.2) is 0 Å². The van der Waals surface area contributed by atoms with Crippen molar-refractivity contribution >= 4 is 23.3 Å². The number of nitrogens with zero attached hydrogens (tertiary/aromatic N) is 2. The topological polar surface area (TPSA) is 90.7 Å². The number of carbonyl (C=O) groups is 2. The van der Waals surface area contributed by atoms with E-state index in [9.17, 15) is 9.59 Å². The Morgan fingerprint density at radius 1 is 0.886 bits per heavy atom. The summed E-state index contributed by atoms with van der Waals surface area (Å²) >= 11 is 0. The van der Waals surface area contributed by atoms with Crippen molar-refractivity contribution in [1.29, 1.82) is 0 Å². The normalized spacial score (nSPS) is 11.7. The van der Waals surface area contributed by atoms with Gasteiger partial charge in [-0.25, -0.2) is 4.79 Å². The molecule has 7 nitrogen and oxygen atoms in total. The fourth-order valence-corrected chi connectivity index (χ4v) is 3.72. The molecule has 0 radical (unpaired) electrons. The Morgan fingerprint density at radius 3 is 2.20 bits per heavy atom. The predicted octanol–water partition coefficient (Wildman–Crippen LogP) is 4.75. The van der Waals surface area contributed by atoms with Crippen LogP contribution < -0.4 is 16.4 Å². The van der Waals surface area contributed by atoms with Crippen molar-refractivity contribution in [2.24, 2.45) is 0 Å². The minimum absolute atomic E-state index is 0.100. The number of hydrogen-bond acceptors (Lipinski definition) is 4. The number of rotatable bonds is 10. The zero-order chi connectivity index (χ0) is 25.2. The molecule has 184 valence electrons. The standard InChI is InChI=1S/C28H35N5O2/c1-21(23-10-5-4-6-11-23)30-28(35)33(19-9-18-32(2)3)20-22-14-16-24(17-15-22)27(34)31-26-13-8-7-12-25(26)29/h4-8,10-17,21H,9,18-20,29H2,1-3H3,(H,30,35)(H,31,34). The highest BCUT2D eigenvalue weighted by atomic mass is 16.2. The Kier molecular flexibility index (Phi) is 9.26. The van der Waals surface area contributed by atoms with Crippen LogP contribution in [0.25, 0.3) is 0 Å². The third-order valence-electron chi connectivity index (χ3n) is 5.76. The van der Waals surface area contributed by atoms with E-state index in [1.54, 1.807) is 24.3 Å². The molecule has 1 unspecified atom stereocenters. The smallest absolute Gasteiger partial charge is 0.318 e. The van der Waals surface area contributed by atoms with E-state index < -0.39 is 0 Å². The number of anilines is 2. The van der Waals surface area contributed by atoms with Gasteiger partial charge in [-0.2, -0.15) is 0 Å². The first-order chi connectivity index (χ1) is 16.8. The van der Waals surface area contributed by atoms with E-state index in [1.165, 1.54) is 0 Å². The number of para-hydroxylation sites is 2. The van der Waals surface area contributed by atoms with Crippen molar-refractivity contribution in [2.45, 2.75) is 25.9 Å². The Bertz CT molecular complexity index is 1100. The molecule has 0 spiro atoms. The van der Waals surface area contributed by atoms with E-state index in [1.807, 2.05) is 80.5 Å². The number of carbonyl (C=O) groups excluding carboxylic acids is 2. The summed E-state index contributed by atoms with van der Waals surface area (Å²) in [5.41, 5.74) is 9.56. The third-order valence-corrected chi connectivity index (χ3v) is 5.76. The molecule has 1 atom stereocenters. The maximum absolute atomic E-state index is 13.1. The molecule has 0 bridgehead atoms. The SMILES string of the molecule is CC(NC(=O)N(CCCN(C)C)Cc1ccc(C(=O)Nc2ccccc2N)cc1)c1ccccc1. The summed E-state index contributed by atoms with van der Waals surface area (Å²) in [5.74, 6) is -0.230. The molecule has 0 aliphatic rings. The van der Waals surface area contributed by atoms with E-state index in [0.717, 1.165) is 24.1 Å². The second-order valence-corrected chi connectivity index (χ2v) is 8.90. The van der Waals surface area contributed by atoms with Gasteiger partial charge in [0.05, 0.1) is 17.4 Å². The molecule has 3 amide bonds. The van der Waals surface area contributed by atoms with Crippen LogP contribution in [-0.2, 0) is 6.54 Å². The van der Waals surface area contributed by atoms with Crippen LogP contribution in [-0.4, -0.2) is 48.9 Å². The van der Waals surface area contributed by atoms with Gasteiger partial charge in [0.1, 0.15) is 0 Å². The second kappa shape index (κ2) is 12.6. The van der Waals surface area contributed by atoms with E-state index in [4.69, 9.17) is 5.73 Å². The highest BCUT2D eigenvalue weighted by Gasteiger charge is 2.17. The fraction of sp³-hybridized carbons (Fsp3) is 0.286. The molecule has 0 aliphatic carbocycles. The first-order valence-electron chi connectivity index (χ1n) is 11.8. The minimum Gasteiger partial charge on any atom is -0.397 e. The zero-order valence-electron chi connectivity index (χ0n) is 20.7. The van der Waals surface area contributed by atoms with Gasteiger partial charge in [0, 0.05) is 18.7 Å². The third kappa shape index (κ3) is 7.86. The molecule has 0 saturated carbocycles. The minimum atomic E-state index is -0.230. The molecule has 7 heteroatoms. The van der Waals surface area contributed by atoms with E-state index >= 15 is 0 Å². The Morgan fingerprint density at radius 2 is 1.54 bits per heavy atom. The average Bonchev–Trinajstić information content (AvgIpc) is 2.85. The van der Waals surface area contributed by atoms with E-state index in [0.29, 0.717) is 30.0 Å². The van der Waals surface area contributed by atoms with Gasteiger partial charge in [-0.3, -0.25) is 4.79 Å². The summed E-state index contributed by atoms with van der Waals surface area (Å²) in [4.78, 5) is 29.7. The lowest BCUT2D eigenvalue weighted by Crippen LogP contribution is -2.41. The maximum Gasteiger partial charge on any atom is 0.318 e. The van der Waals surface area contributed by atoms with E-state index in [-0.39, 0.29) is 18.0 Å². The van der Waals surface area contributed by atoms with Crippen molar-refractivity contribution < 1.29 is 9.59 Å². The number of nitrogens with two attached hydrogens (primary N) is 1. The van der Waals surface area contributed by atoms with Crippen molar-refractivity contribution in [3.8, 4) is 0 Å². The van der Waals surface area contributed by atoms with Crippen LogP contribution in [0.1, 0.15) is 40.9 Å². The number of urea groups is 1. The number of nitrogens with one attached hydrogen (secondary N) is 2. The summed E-state index contributed by atoms with van der Waals surface area (Å²) in [6.07, 6.45) is 0.860. The second-order valence-electron chi connectivity index (χ2n) is 8.90. The van der Waals surface area contributed by atoms with E-state index in [2.05, 4.69) is 15.5 Å². The molecule has 0 fully saturated rings. The van der Waals surface area contributed by atoms with Gasteiger partial charge >= 0.3 is 6.03 Å². The van der Waals surface area contributed by atoms with Gasteiger partial charge in [-0.1, -0.05) is 54.6 Å². The first-order valence-corrected chi connectivity index (χ1v) is 11.8. The largest absolute Gasteiger partial charge is 0.397 e. The van der Waals surface area contributed by atoms with Crippen LogP contribution in [0.4, 0.5) is 16.2 Å². The Balaban J connectivity index is 1.66. The van der Waals surface area contributed by atoms with Crippen LogP contribution in [0.15, 0.2) is 78.9 Å². The zero-order valence-corrected chi connectivity index (χ0v) is 20.7.